The molecule has 2 rings (SSSR count). The van der Waals surface area contributed by atoms with Crippen LogP contribution in [-0.4, -0.2) is 12.5 Å². The summed E-state index contributed by atoms with van der Waals surface area (Å²) in [5, 5.41) is 2.84. The Morgan fingerprint density at radius 2 is 1.75 bits per heavy atom. The van der Waals surface area contributed by atoms with E-state index in [1.165, 1.54) is 0 Å². The van der Waals surface area contributed by atoms with Crippen molar-refractivity contribution in [1.29, 1.82) is 0 Å². The van der Waals surface area contributed by atoms with Gasteiger partial charge in [-0.2, -0.15) is 0 Å². The van der Waals surface area contributed by atoms with Crippen LogP contribution in [-0.2, 0) is 17.8 Å². The number of nitrogens with one attached hydrogen (secondary N) is 1. The highest BCUT2D eigenvalue weighted by Crippen LogP contribution is 2.17. The third-order valence-electron chi connectivity index (χ3n) is 3.04. The van der Waals surface area contributed by atoms with E-state index in [0.29, 0.717) is 6.54 Å². The van der Waals surface area contributed by atoms with E-state index in [0.717, 1.165) is 23.3 Å². The van der Waals surface area contributed by atoms with Crippen LogP contribution >= 0.6 is 0 Å². The Hall–Kier alpha value is -2.29. The van der Waals surface area contributed by atoms with Gasteiger partial charge in [-0.15, -0.1) is 0 Å². The number of carbonyl (C=O) groups is 1. The summed E-state index contributed by atoms with van der Waals surface area (Å²) in [7, 11) is 0. The van der Waals surface area contributed by atoms with Crippen molar-refractivity contribution in [2.24, 2.45) is 0 Å². The van der Waals surface area contributed by atoms with Crippen molar-refractivity contribution >= 4 is 5.91 Å². The van der Waals surface area contributed by atoms with Crippen molar-refractivity contribution in [3.8, 4) is 5.75 Å². The fourth-order valence-electron chi connectivity index (χ4n) is 1.93. The second-order valence-electron chi connectivity index (χ2n) is 4.51. The van der Waals surface area contributed by atoms with Crippen molar-refractivity contribution < 1.29 is 9.53 Å². The first-order valence-corrected chi connectivity index (χ1v) is 6.81. The quantitative estimate of drug-likeness (QED) is 0.875. The Bertz CT molecular complexity index is 552. The Kier molecular flexibility index (Phi) is 5.18. The number of hydrogen-bond donors (Lipinski definition) is 1. The first-order chi connectivity index (χ1) is 9.79. The number of para-hydroxylation sites is 1. The zero-order chi connectivity index (χ0) is 14.2. The van der Waals surface area contributed by atoms with Gasteiger partial charge in [-0.25, -0.2) is 0 Å². The molecule has 0 saturated heterocycles. The SMILES string of the molecule is CCc1ccccc1OCC(=O)NCc1ccccc1. The van der Waals surface area contributed by atoms with E-state index >= 15 is 0 Å². The smallest absolute Gasteiger partial charge is 0.258 e. The summed E-state index contributed by atoms with van der Waals surface area (Å²) < 4.78 is 5.57. The molecule has 2 aromatic carbocycles. The number of rotatable bonds is 6. The molecule has 0 saturated carbocycles. The molecule has 2 aromatic rings. The van der Waals surface area contributed by atoms with Gasteiger partial charge in [0, 0.05) is 6.54 Å². The summed E-state index contributed by atoms with van der Waals surface area (Å²) in [5.41, 5.74) is 2.19. The van der Waals surface area contributed by atoms with Crippen molar-refractivity contribution in [3.63, 3.8) is 0 Å². The van der Waals surface area contributed by atoms with E-state index in [9.17, 15) is 4.79 Å². The molecule has 0 aliphatic carbocycles. The first kappa shape index (κ1) is 14.1. The summed E-state index contributed by atoms with van der Waals surface area (Å²) >= 11 is 0. The van der Waals surface area contributed by atoms with Crippen molar-refractivity contribution in [3.05, 3.63) is 65.7 Å². The van der Waals surface area contributed by atoms with Gasteiger partial charge in [0.25, 0.3) is 5.91 Å². The molecule has 20 heavy (non-hydrogen) atoms. The maximum atomic E-state index is 11.8. The molecule has 3 nitrogen and oxygen atoms in total. The van der Waals surface area contributed by atoms with Crippen LogP contribution in [0.3, 0.4) is 0 Å². The Balaban J connectivity index is 1.80. The molecule has 0 spiro atoms. The molecule has 3 heteroatoms. The number of carbonyl (C=O) groups excluding carboxylic acids is 1. The topological polar surface area (TPSA) is 38.3 Å². The van der Waals surface area contributed by atoms with Gasteiger partial charge in [-0.1, -0.05) is 55.5 Å². The van der Waals surface area contributed by atoms with Crippen LogP contribution < -0.4 is 10.1 Å². The van der Waals surface area contributed by atoms with Gasteiger partial charge >= 0.3 is 0 Å². The van der Waals surface area contributed by atoms with Crippen LogP contribution in [0.5, 0.6) is 5.75 Å². The summed E-state index contributed by atoms with van der Waals surface area (Å²) in [6.07, 6.45) is 0.891. The minimum Gasteiger partial charge on any atom is -0.483 e. The minimum atomic E-state index is -0.111. The maximum absolute atomic E-state index is 11.8. The van der Waals surface area contributed by atoms with E-state index in [4.69, 9.17) is 4.74 Å². The average Bonchev–Trinajstić information content (AvgIpc) is 2.52. The molecule has 0 heterocycles. The van der Waals surface area contributed by atoms with Crippen LogP contribution in [0.4, 0.5) is 0 Å². The monoisotopic (exact) mass is 269 g/mol. The lowest BCUT2D eigenvalue weighted by atomic mass is 10.1. The molecule has 0 unspecified atom stereocenters. The Labute approximate surface area is 119 Å². The van der Waals surface area contributed by atoms with Gasteiger partial charge in [-0.05, 0) is 23.6 Å². The highest BCUT2D eigenvalue weighted by atomic mass is 16.5. The Morgan fingerprint density at radius 1 is 1.05 bits per heavy atom. The predicted octanol–water partition coefficient (Wildman–Crippen LogP) is 2.94. The summed E-state index contributed by atoms with van der Waals surface area (Å²) in [6.45, 7) is 2.64. The second-order valence-corrected chi connectivity index (χ2v) is 4.51. The van der Waals surface area contributed by atoms with Gasteiger partial charge in [0.1, 0.15) is 5.75 Å². The first-order valence-electron chi connectivity index (χ1n) is 6.81. The van der Waals surface area contributed by atoms with Gasteiger partial charge in [0.2, 0.25) is 0 Å². The van der Waals surface area contributed by atoms with Crippen molar-refractivity contribution in [2.75, 3.05) is 6.61 Å². The molecule has 0 fully saturated rings. The summed E-state index contributed by atoms with van der Waals surface area (Å²) in [6, 6.07) is 17.6. The van der Waals surface area contributed by atoms with Gasteiger partial charge < -0.3 is 10.1 Å². The third kappa shape index (κ3) is 4.12. The van der Waals surface area contributed by atoms with E-state index in [-0.39, 0.29) is 12.5 Å². The van der Waals surface area contributed by atoms with Crippen LogP contribution in [0.1, 0.15) is 18.1 Å². The molecule has 1 amide bonds. The molecule has 0 radical (unpaired) electrons. The molecule has 0 aromatic heterocycles. The number of ether oxygens (including phenoxy) is 1. The highest BCUT2D eigenvalue weighted by molar-refractivity contribution is 5.77. The molecular formula is C17H19NO2. The molecule has 0 aliphatic heterocycles. The molecule has 0 bridgehead atoms. The fourth-order valence-corrected chi connectivity index (χ4v) is 1.93. The van der Waals surface area contributed by atoms with Crippen molar-refractivity contribution in [1.82, 2.24) is 5.32 Å². The zero-order valence-corrected chi connectivity index (χ0v) is 11.6. The standard InChI is InChI=1S/C17H19NO2/c1-2-15-10-6-7-11-16(15)20-13-17(19)18-12-14-8-4-3-5-9-14/h3-11H,2,12-13H2,1H3,(H,18,19). The molecule has 0 atom stereocenters. The number of hydrogen-bond acceptors (Lipinski definition) is 2. The fraction of sp³-hybridized carbons (Fsp3) is 0.235. The van der Waals surface area contributed by atoms with Crippen LogP contribution in [0.15, 0.2) is 54.6 Å². The van der Waals surface area contributed by atoms with Gasteiger partial charge in [0.05, 0.1) is 0 Å². The van der Waals surface area contributed by atoms with Gasteiger partial charge in [0.15, 0.2) is 6.61 Å². The normalized spacial score (nSPS) is 10.1. The number of benzene rings is 2. The lowest BCUT2D eigenvalue weighted by Crippen LogP contribution is -2.28. The van der Waals surface area contributed by atoms with E-state index in [2.05, 4.69) is 12.2 Å². The largest absolute Gasteiger partial charge is 0.483 e. The maximum Gasteiger partial charge on any atom is 0.258 e. The third-order valence-corrected chi connectivity index (χ3v) is 3.04. The average molecular weight is 269 g/mol. The van der Waals surface area contributed by atoms with Crippen LogP contribution in [0.25, 0.3) is 0 Å². The van der Waals surface area contributed by atoms with Crippen LogP contribution in [0, 0.1) is 0 Å². The second kappa shape index (κ2) is 7.34. The zero-order valence-electron chi connectivity index (χ0n) is 11.6. The minimum absolute atomic E-state index is 0.0455. The summed E-state index contributed by atoms with van der Waals surface area (Å²) in [5.74, 6) is 0.671. The van der Waals surface area contributed by atoms with Crippen molar-refractivity contribution in [2.45, 2.75) is 19.9 Å². The summed E-state index contributed by atoms with van der Waals surface area (Å²) in [4.78, 5) is 11.8. The molecule has 104 valence electrons. The lowest BCUT2D eigenvalue weighted by molar-refractivity contribution is -0.123. The van der Waals surface area contributed by atoms with E-state index in [1.54, 1.807) is 0 Å². The van der Waals surface area contributed by atoms with E-state index in [1.807, 2.05) is 54.6 Å². The molecule has 0 aliphatic rings. The lowest BCUT2D eigenvalue weighted by Gasteiger charge is -2.10. The Morgan fingerprint density at radius 3 is 2.50 bits per heavy atom. The number of amides is 1. The molecule has 1 N–H and O–H groups in total. The predicted molar refractivity (Wildman–Crippen MR) is 79.6 cm³/mol. The number of aryl methyl sites for hydroxylation is 1. The van der Waals surface area contributed by atoms with E-state index < -0.39 is 0 Å². The molecular weight excluding hydrogens is 250 g/mol. The van der Waals surface area contributed by atoms with Gasteiger partial charge in [-0.3, -0.25) is 4.79 Å². The highest BCUT2D eigenvalue weighted by Gasteiger charge is 2.05. The van der Waals surface area contributed by atoms with Crippen LogP contribution in [0.2, 0.25) is 0 Å².